The van der Waals surface area contributed by atoms with Crippen molar-refractivity contribution in [1.29, 1.82) is 0 Å². The lowest BCUT2D eigenvalue weighted by atomic mass is 10.1. The van der Waals surface area contributed by atoms with Crippen LogP contribution in [0.25, 0.3) is 6.08 Å². The summed E-state index contributed by atoms with van der Waals surface area (Å²) >= 11 is 0. The molecular formula is C18H15F2NO3. The Morgan fingerprint density at radius 2 is 2.00 bits per heavy atom. The molecule has 1 N–H and O–H groups in total. The highest BCUT2D eigenvalue weighted by Crippen LogP contribution is 2.34. The van der Waals surface area contributed by atoms with E-state index < -0.39 is 17.5 Å². The number of nitrogens with one attached hydrogen (secondary N) is 1. The minimum absolute atomic E-state index is 0.0147. The summed E-state index contributed by atoms with van der Waals surface area (Å²) in [5.74, 6) is -1.05. The van der Waals surface area contributed by atoms with Gasteiger partial charge in [0.15, 0.2) is 23.1 Å². The minimum Gasteiger partial charge on any atom is -0.454 e. The van der Waals surface area contributed by atoms with Crippen molar-refractivity contribution >= 4 is 12.0 Å². The Labute approximate surface area is 137 Å². The van der Waals surface area contributed by atoms with Gasteiger partial charge in [0, 0.05) is 11.6 Å². The summed E-state index contributed by atoms with van der Waals surface area (Å²) in [7, 11) is 0. The molecule has 0 bridgehead atoms. The molecule has 6 heteroatoms. The summed E-state index contributed by atoms with van der Waals surface area (Å²) < 4.78 is 37.2. The molecule has 124 valence electrons. The molecule has 0 saturated heterocycles. The Bertz CT molecular complexity index is 805. The molecular weight excluding hydrogens is 316 g/mol. The standard InChI is InChI=1S/C18H15F2NO3/c1-11(13-5-7-15-16(9-13)24-10-23-15)21-17(22)8-6-12-3-2-4-14(19)18(12)20/h2-9,11H,10H2,1H3,(H,21,22)/b8-6+. The molecule has 4 nitrogen and oxygen atoms in total. The van der Waals surface area contributed by atoms with Crippen LogP contribution in [-0.2, 0) is 4.79 Å². The number of carbonyl (C=O) groups is 1. The van der Waals surface area contributed by atoms with Crippen molar-refractivity contribution in [2.24, 2.45) is 0 Å². The second-order valence-electron chi connectivity index (χ2n) is 5.32. The van der Waals surface area contributed by atoms with E-state index in [2.05, 4.69) is 5.32 Å². The topological polar surface area (TPSA) is 47.6 Å². The summed E-state index contributed by atoms with van der Waals surface area (Å²) in [6.45, 7) is 1.99. The molecule has 1 aliphatic rings. The number of fused-ring (bicyclic) bond motifs is 1. The van der Waals surface area contributed by atoms with E-state index in [4.69, 9.17) is 9.47 Å². The Morgan fingerprint density at radius 1 is 1.21 bits per heavy atom. The third kappa shape index (κ3) is 3.37. The Balaban J connectivity index is 1.66. The molecule has 2 aromatic rings. The molecule has 1 atom stereocenters. The van der Waals surface area contributed by atoms with Crippen LogP contribution in [0.15, 0.2) is 42.5 Å². The van der Waals surface area contributed by atoms with Crippen LogP contribution in [0.1, 0.15) is 24.1 Å². The Morgan fingerprint density at radius 3 is 2.83 bits per heavy atom. The van der Waals surface area contributed by atoms with Crippen LogP contribution in [0, 0.1) is 11.6 Å². The van der Waals surface area contributed by atoms with Crippen molar-refractivity contribution in [3.8, 4) is 11.5 Å². The van der Waals surface area contributed by atoms with E-state index in [0.29, 0.717) is 11.5 Å². The van der Waals surface area contributed by atoms with Crippen molar-refractivity contribution < 1.29 is 23.0 Å². The zero-order chi connectivity index (χ0) is 17.1. The number of benzene rings is 2. The zero-order valence-electron chi connectivity index (χ0n) is 12.9. The lowest BCUT2D eigenvalue weighted by Crippen LogP contribution is -2.24. The fourth-order valence-electron chi connectivity index (χ4n) is 2.34. The van der Waals surface area contributed by atoms with E-state index in [-0.39, 0.29) is 18.4 Å². The predicted molar refractivity (Wildman–Crippen MR) is 84.5 cm³/mol. The first kappa shape index (κ1) is 16.0. The molecule has 0 saturated carbocycles. The van der Waals surface area contributed by atoms with Crippen LogP contribution in [0.3, 0.4) is 0 Å². The molecule has 0 fully saturated rings. The fourth-order valence-corrected chi connectivity index (χ4v) is 2.34. The first-order chi connectivity index (χ1) is 11.5. The molecule has 1 heterocycles. The van der Waals surface area contributed by atoms with Crippen molar-refractivity contribution in [2.45, 2.75) is 13.0 Å². The van der Waals surface area contributed by atoms with Crippen LogP contribution < -0.4 is 14.8 Å². The normalized spacial score (nSPS) is 14.0. The van der Waals surface area contributed by atoms with Gasteiger partial charge in [-0.1, -0.05) is 18.2 Å². The van der Waals surface area contributed by atoms with E-state index in [1.54, 1.807) is 12.1 Å². The molecule has 0 radical (unpaired) electrons. The minimum atomic E-state index is -0.981. The molecule has 2 aromatic carbocycles. The number of ether oxygens (including phenoxy) is 2. The van der Waals surface area contributed by atoms with Crippen molar-refractivity contribution in [1.82, 2.24) is 5.32 Å². The van der Waals surface area contributed by atoms with E-state index in [9.17, 15) is 13.6 Å². The first-order valence-corrected chi connectivity index (χ1v) is 7.37. The molecule has 0 spiro atoms. The molecule has 3 rings (SSSR count). The number of rotatable bonds is 4. The van der Waals surface area contributed by atoms with Crippen LogP contribution >= 0.6 is 0 Å². The molecule has 24 heavy (non-hydrogen) atoms. The lowest BCUT2D eigenvalue weighted by Gasteiger charge is -2.13. The third-order valence-electron chi connectivity index (χ3n) is 3.65. The summed E-state index contributed by atoms with van der Waals surface area (Å²) in [5.41, 5.74) is 0.860. The number of halogens is 2. The molecule has 0 aromatic heterocycles. The second-order valence-corrected chi connectivity index (χ2v) is 5.32. The summed E-state index contributed by atoms with van der Waals surface area (Å²) in [6.07, 6.45) is 2.40. The smallest absolute Gasteiger partial charge is 0.244 e. The molecule has 1 aliphatic heterocycles. The van der Waals surface area contributed by atoms with Crippen molar-refractivity contribution in [3.05, 3.63) is 65.2 Å². The van der Waals surface area contributed by atoms with Gasteiger partial charge in [0.05, 0.1) is 6.04 Å². The van der Waals surface area contributed by atoms with Crippen LogP contribution in [0.5, 0.6) is 11.5 Å². The van der Waals surface area contributed by atoms with Gasteiger partial charge >= 0.3 is 0 Å². The molecule has 1 unspecified atom stereocenters. The SMILES string of the molecule is CC(NC(=O)/C=C/c1cccc(F)c1F)c1ccc2c(c1)OCO2. The zero-order valence-corrected chi connectivity index (χ0v) is 12.9. The maximum atomic E-state index is 13.5. The van der Waals surface area contributed by atoms with E-state index >= 15 is 0 Å². The summed E-state index contributed by atoms with van der Waals surface area (Å²) in [5, 5.41) is 2.75. The highest BCUT2D eigenvalue weighted by atomic mass is 19.2. The van der Waals surface area contributed by atoms with Crippen molar-refractivity contribution in [3.63, 3.8) is 0 Å². The van der Waals surface area contributed by atoms with Gasteiger partial charge in [0.1, 0.15) is 0 Å². The lowest BCUT2D eigenvalue weighted by molar-refractivity contribution is -0.117. The first-order valence-electron chi connectivity index (χ1n) is 7.37. The van der Waals surface area contributed by atoms with Gasteiger partial charge in [0.2, 0.25) is 12.7 Å². The molecule has 0 aliphatic carbocycles. The fraction of sp³-hybridized carbons (Fsp3) is 0.167. The van der Waals surface area contributed by atoms with Gasteiger partial charge in [-0.15, -0.1) is 0 Å². The van der Waals surface area contributed by atoms with Gasteiger partial charge in [-0.2, -0.15) is 0 Å². The number of carbonyl (C=O) groups excluding carboxylic acids is 1. The third-order valence-corrected chi connectivity index (χ3v) is 3.65. The van der Waals surface area contributed by atoms with Crippen LogP contribution in [0.2, 0.25) is 0 Å². The maximum Gasteiger partial charge on any atom is 0.244 e. The van der Waals surface area contributed by atoms with Gasteiger partial charge in [-0.25, -0.2) is 8.78 Å². The Hall–Kier alpha value is -2.89. The van der Waals surface area contributed by atoms with Gasteiger partial charge in [-0.05, 0) is 36.8 Å². The van der Waals surface area contributed by atoms with Crippen molar-refractivity contribution in [2.75, 3.05) is 6.79 Å². The number of hydrogen-bond acceptors (Lipinski definition) is 3. The Kier molecular flexibility index (Phi) is 4.46. The average Bonchev–Trinajstić information content (AvgIpc) is 3.03. The quantitative estimate of drug-likeness (QED) is 0.871. The second kappa shape index (κ2) is 6.70. The number of amides is 1. The molecule has 1 amide bonds. The van der Waals surface area contributed by atoms with Crippen LogP contribution in [0.4, 0.5) is 8.78 Å². The highest BCUT2D eigenvalue weighted by molar-refractivity contribution is 5.92. The van der Waals surface area contributed by atoms with Crippen LogP contribution in [-0.4, -0.2) is 12.7 Å². The van der Waals surface area contributed by atoms with E-state index in [1.165, 1.54) is 24.3 Å². The number of hydrogen-bond donors (Lipinski definition) is 1. The average molecular weight is 331 g/mol. The van der Waals surface area contributed by atoms with E-state index in [0.717, 1.165) is 11.6 Å². The summed E-state index contributed by atoms with van der Waals surface area (Å²) in [6, 6.07) is 8.91. The largest absolute Gasteiger partial charge is 0.454 e. The summed E-state index contributed by atoms with van der Waals surface area (Å²) in [4.78, 5) is 12.0. The van der Waals surface area contributed by atoms with Gasteiger partial charge < -0.3 is 14.8 Å². The highest BCUT2D eigenvalue weighted by Gasteiger charge is 2.16. The maximum absolute atomic E-state index is 13.5. The van der Waals surface area contributed by atoms with Gasteiger partial charge in [-0.3, -0.25) is 4.79 Å². The predicted octanol–water partition coefficient (Wildman–Crippen LogP) is 3.58. The van der Waals surface area contributed by atoms with E-state index in [1.807, 2.05) is 13.0 Å². The van der Waals surface area contributed by atoms with Gasteiger partial charge in [0.25, 0.3) is 0 Å². The monoisotopic (exact) mass is 331 g/mol.